The van der Waals surface area contributed by atoms with Gasteiger partial charge in [0.1, 0.15) is 12.0 Å². The zero-order valence-corrected chi connectivity index (χ0v) is 17.9. The minimum Gasteiger partial charge on any atom is -0.315 e. The second-order valence-corrected chi connectivity index (χ2v) is 8.26. The van der Waals surface area contributed by atoms with Gasteiger partial charge in [-0.25, -0.2) is 9.78 Å². The van der Waals surface area contributed by atoms with E-state index in [4.69, 9.17) is 0 Å². The topological polar surface area (TPSA) is 95.5 Å². The van der Waals surface area contributed by atoms with Crippen molar-refractivity contribution < 1.29 is 0 Å². The van der Waals surface area contributed by atoms with Crippen molar-refractivity contribution in [3.63, 3.8) is 0 Å². The molecule has 160 valence electrons. The lowest BCUT2D eigenvalue weighted by Crippen LogP contribution is -2.27. The summed E-state index contributed by atoms with van der Waals surface area (Å²) in [6.45, 7) is 1.72. The highest BCUT2D eigenvalue weighted by Gasteiger charge is 2.24. The Balaban J connectivity index is 1.51. The molecule has 0 aliphatic carbocycles. The second-order valence-electron chi connectivity index (χ2n) is 8.26. The van der Waals surface area contributed by atoms with Crippen LogP contribution in [-0.4, -0.2) is 47.0 Å². The lowest BCUT2D eigenvalue weighted by Gasteiger charge is -2.12. The van der Waals surface area contributed by atoms with E-state index in [1.807, 2.05) is 49.1 Å². The summed E-state index contributed by atoms with van der Waals surface area (Å²) >= 11 is 0. The van der Waals surface area contributed by atoms with Crippen molar-refractivity contribution in [2.24, 2.45) is 14.1 Å². The third kappa shape index (κ3) is 2.85. The van der Waals surface area contributed by atoms with Gasteiger partial charge in [-0.05, 0) is 36.7 Å². The summed E-state index contributed by atoms with van der Waals surface area (Å²) in [5.41, 5.74) is 5.39. The first kappa shape index (κ1) is 18.9. The third-order valence-electron chi connectivity index (χ3n) is 6.24. The lowest BCUT2D eigenvalue weighted by atomic mass is 10.0. The van der Waals surface area contributed by atoms with Gasteiger partial charge in [-0.2, -0.15) is 0 Å². The molecule has 4 aromatic heterocycles. The molecule has 0 spiro atoms. The Bertz CT molecular complexity index is 1520. The van der Waals surface area contributed by atoms with Crippen LogP contribution in [0.25, 0.3) is 44.6 Å². The number of aryl methyl sites for hydroxylation is 2. The van der Waals surface area contributed by atoms with Crippen molar-refractivity contribution in [3.8, 4) is 22.6 Å². The predicted octanol–water partition coefficient (Wildman–Crippen LogP) is 2.28. The summed E-state index contributed by atoms with van der Waals surface area (Å²) in [7, 11) is 3.65. The maximum Gasteiger partial charge on any atom is 0.329 e. The van der Waals surface area contributed by atoms with Crippen molar-refractivity contribution in [2.75, 3.05) is 13.1 Å². The number of aromatic nitrogens is 7. The first-order valence-corrected chi connectivity index (χ1v) is 10.6. The fraction of sp³-hybridized carbons (Fsp3) is 0.261. The minimum absolute atomic E-state index is 0.00211. The summed E-state index contributed by atoms with van der Waals surface area (Å²) in [6, 6.07) is 10.3. The molecule has 0 amide bonds. The molecule has 1 fully saturated rings. The first-order valence-electron chi connectivity index (χ1n) is 10.6. The van der Waals surface area contributed by atoms with Crippen molar-refractivity contribution in [3.05, 3.63) is 59.5 Å². The van der Waals surface area contributed by atoms with Crippen molar-refractivity contribution in [2.45, 2.75) is 12.5 Å². The number of hydrogen-bond donors (Lipinski definition) is 1. The number of nitrogens with zero attached hydrogens (tertiary/aromatic N) is 7. The zero-order chi connectivity index (χ0) is 21.8. The molecule has 0 saturated carbocycles. The van der Waals surface area contributed by atoms with Crippen LogP contribution in [0.15, 0.2) is 53.8 Å². The fourth-order valence-corrected chi connectivity index (χ4v) is 4.56. The van der Waals surface area contributed by atoms with E-state index < -0.39 is 0 Å². The first-order chi connectivity index (χ1) is 15.6. The van der Waals surface area contributed by atoms with Crippen molar-refractivity contribution in [1.29, 1.82) is 0 Å². The van der Waals surface area contributed by atoms with Gasteiger partial charge in [0, 0.05) is 37.8 Å². The molecule has 1 aliphatic rings. The maximum absolute atomic E-state index is 13.1. The van der Waals surface area contributed by atoms with E-state index in [1.54, 1.807) is 21.8 Å². The van der Waals surface area contributed by atoms with Gasteiger partial charge < -0.3 is 5.32 Å². The fourth-order valence-electron chi connectivity index (χ4n) is 4.56. The van der Waals surface area contributed by atoms with Gasteiger partial charge in [0.15, 0.2) is 5.82 Å². The van der Waals surface area contributed by atoms with E-state index in [2.05, 4.69) is 31.4 Å². The molecule has 9 nitrogen and oxygen atoms in total. The van der Waals surface area contributed by atoms with Gasteiger partial charge in [0.2, 0.25) is 0 Å². The summed E-state index contributed by atoms with van der Waals surface area (Å²) in [5.74, 6) is 0.599. The van der Waals surface area contributed by atoms with E-state index in [9.17, 15) is 4.79 Å². The van der Waals surface area contributed by atoms with Gasteiger partial charge in [-0.15, -0.1) is 5.10 Å². The molecule has 32 heavy (non-hydrogen) atoms. The smallest absolute Gasteiger partial charge is 0.315 e. The number of hydrogen-bond acceptors (Lipinski definition) is 6. The molecule has 1 aromatic carbocycles. The molecule has 5 aromatic rings. The number of fused-ring (bicyclic) bond motifs is 3. The second kappa shape index (κ2) is 7.10. The van der Waals surface area contributed by atoms with Gasteiger partial charge in [0.25, 0.3) is 0 Å². The molecule has 1 N–H and O–H groups in total. The summed E-state index contributed by atoms with van der Waals surface area (Å²) in [6.07, 6.45) is 6.23. The number of rotatable bonds is 3. The quantitative estimate of drug-likeness (QED) is 0.476. The Kier molecular flexibility index (Phi) is 4.19. The Morgan fingerprint density at radius 3 is 2.62 bits per heavy atom. The molecule has 5 heterocycles. The van der Waals surface area contributed by atoms with Crippen LogP contribution in [0, 0.1) is 0 Å². The Morgan fingerprint density at radius 1 is 1.03 bits per heavy atom. The molecule has 9 heteroatoms. The van der Waals surface area contributed by atoms with Crippen molar-refractivity contribution in [1.82, 2.24) is 39.2 Å². The number of nitrogens with one attached hydrogen (secondary N) is 1. The van der Waals surface area contributed by atoms with Crippen LogP contribution in [0.3, 0.4) is 0 Å². The third-order valence-corrected chi connectivity index (χ3v) is 6.24. The molecule has 1 atom stereocenters. The van der Waals surface area contributed by atoms with Gasteiger partial charge >= 0.3 is 5.69 Å². The summed E-state index contributed by atoms with van der Waals surface area (Å²) in [4.78, 5) is 26.5. The molecule has 0 unspecified atom stereocenters. The highest BCUT2D eigenvalue weighted by atomic mass is 16.1. The normalized spacial score (nSPS) is 16.4. The molecular weight excluding hydrogens is 404 g/mol. The van der Waals surface area contributed by atoms with E-state index in [1.165, 1.54) is 0 Å². The molecule has 0 bridgehead atoms. The standard InChI is InChI=1S/C23H22N8O/c1-29-13-27-22(28-29)19-6-4-15(10-25-19)14-3-5-18-17(9-14)21-20(12-26-18)30(2)23(32)31(21)16-7-8-24-11-16/h3-6,9-10,12-13,16,24H,7-8,11H2,1-2H3/t16-/m0/s1. The van der Waals surface area contributed by atoms with E-state index in [0.717, 1.165) is 58.3 Å². The Hall–Kier alpha value is -3.85. The van der Waals surface area contributed by atoms with Crippen LogP contribution in [-0.2, 0) is 14.1 Å². The van der Waals surface area contributed by atoms with Gasteiger partial charge in [-0.1, -0.05) is 12.1 Å². The number of imidazole rings is 1. The van der Waals surface area contributed by atoms with E-state index >= 15 is 0 Å². The maximum atomic E-state index is 13.1. The lowest BCUT2D eigenvalue weighted by molar-refractivity contribution is 0.536. The Morgan fingerprint density at radius 2 is 1.91 bits per heavy atom. The van der Waals surface area contributed by atoms with Gasteiger partial charge in [-0.3, -0.25) is 23.8 Å². The molecule has 6 rings (SSSR count). The highest BCUT2D eigenvalue weighted by Crippen LogP contribution is 2.31. The van der Waals surface area contributed by atoms with E-state index in [0.29, 0.717) is 5.82 Å². The SMILES string of the molecule is Cn1cnc(-c2ccc(-c3ccc4ncc5c(c4c3)n([C@H]3CCNC3)c(=O)n5C)cn2)n1. The van der Waals surface area contributed by atoms with Crippen LogP contribution < -0.4 is 11.0 Å². The van der Waals surface area contributed by atoms with Gasteiger partial charge in [0.05, 0.1) is 28.8 Å². The van der Waals surface area contributed by atoms with Crippen LogP contribution in [0.1, 0.15) is 12.5 Å². The van der Waals surface area contributed by atoms with Crippen LogP contribution >= 0.6 is 0 Å². The van der Waals surface area contributed by atoms with Crippen LogP contribution in [0.5, 0.6) is 0 Å². The largest absolute Gasteiger partial charge is 0.329 e. The predicted molar refractivity (Wildman–Crippen MR) is 122 cm³/mol. The molecular formula is C23H22N8O. The molecule has 1 aliphatic heterocycles. The van der Waals surface area contributed by atoms with Crippen molar-refractivity contribution >= 4 is 21.9 Å². The minimum atomic E-state index is 0.00211. The highest BCUT2D eigenvalue weighted by molar-refractivity contribution is 6.04. The van der Waals surface area contributed by atoms with E-state index in [-0.39, 0.29) is 11.7 Å². The average Bonchev–Trinajstić information content (AvgIpc) is 3.55. The molecule has 0 radical (unpaired) electrons. The average molecular weight is 426 g/mol. The number of pyridine rings is 2. The number of benzene rings is 1. The summed E-state index contributed by atoms with van der Waals surface area (Å²) in [5, 5.41) is 8.66. The molecule has 1 saturated heterocycles. The van der Waals surface area contributed by atoms with Crippen LogP contribution in [0.4, 0.5) is 0 Å². The zero-order valence-electron chi connectivity index (χ0n) is 17.9. The van der Waals surface area contributed by atoms with Crippen LogP contribution in [0.2, 0.25) is 0 Å². The summed E-state index contributed by atoms with van der Waals surface area (Å²) < 4.78 is 5.30. The Labute approximate surface area is 183 Å². The monoisotopic (exact) mass is 426 g/mol.